The largest absolute Gasteiger partial charge is 0.321 e. The summed E-state index contributed by atoms with van der Waals surface area (Å²) < 4.78 is 0. The van der Waals surface area contributed by atoms with Crippen LogP contribution in [-0.2, 0) is 12.0 Å². The number of nitrogens with two attached hydrogens (primary N) is 1. The lowest BCUT2D eigenvalue weighted by Gasteiger charge is -2.26. The van der Waals surface area contributed by atoms with Crippen LogP contribution < -0.4 is 5.73 Å². The van der Waals surface area contributed by atoms with Gasteiger partial charge in [-0.05, 0) is 49.6 Å². The SMILES string of the molecule is Cc1ccc(C(C)(N)Cc2cc(Cl)ccc2Cl)cc1. The number of benzene rings is 2. The zero-order valence-electron chi connectivity index (χ0n) is 11.1. The lowest BCUT2D eigenvalue weighted by Crippen LogP contribution is -2.35. The van der Waals surface area contributed by atoms with Crippen LogP contribution in [0.1, 0.15) is 23.6 Å². The van der Waals surface area contributed by atoms with Gasteiger partial charge in [0.2, 0.25) is 0 Å². The van der Waals surface area contributed by atoms with Crippen molar-refractivity contribution in [1.29, 1.82) is 0 Å². The molecule has 1 unspecified atom stereocenters. The van der Waals surface area contributed by atoms with Crippen molar-refractivity contribution in [2.45, 2.75) is 25.8 Å². The molecule has 0 aliphatic carbocycles. The standard InChI is InChI=1S/C16H17Cl2N/c1-11-3-5-13(6-4-11)16(2,19)10-12-9-14(17)7-8-15(12)18/h3-9H,10,19H2,1-2H3. The Balaban J connectivity index is 2.30. The molecule has 1 atom stereocenters. The minimum absolute atomic E-state index is 0.470. The second-order valence-electron chi connectivity index (χ2n) is 5.20. The van der Waals surface area contributed by atoms with Gasteiger partial charge in [0.25, 0.3) is 0 Å². The highest BCUT2D eigenvalue weighted by Crippen LogP contribution is 2.28. The monoisotopic (exact) mass is 293 g/mol. The molecular weight excluding hydrogens is 277 g/mol. The maximum atomic E-state index is 6.44. The first-order valence-electron chi connectivity index (χ1n) is 6.18. The summed E-state index contributed by atoms with van der Waals surface area (Å²) in [4.78, 5) is 0. The molecule has 0 saturated carbocycles. The maximum Gasteiger partial charge on any atom is 0.0439 e. The molecule has 1 nitrogen and oxygen atoms in total. The quantitative estimate of drug-likeness (QED) is 0.871. The molecule has 0 heterocycles. The molecule has 0 bridgehead atoms. The molecular formula is C16H17Cl2N. The molecule has 0 aromatic heterocycles. The lowest BCUT2D eigenvalue weighted by molar-refractivity contribution is 0.491. The van der Waals surface area contributed by atoms with Gasteiger partial charge in [-0.3, -0.25) is 0 Å². The predicted octanol–water partition coefficient (Wildman–Crippen LogP) is 4.72. The van der Waals surface area contributed by atoms with Gasteiger partial charge in [-0.25, -0.2) is 0 Å². The van der Waals surface area contributed by atoms with Crippen LogP contribution in [0.2, 0.25) is 10.0 Å². The third kappa shape index (κ3) is 3.50. The summed E-state index contributed by atoms with van der Waals surface area (Å²) in [6.07, 6.45) is 0.648. The van der Waals surface area contributed by atoms with Crippen molar-refractivity contribution in [3.63, 3.8) is 0 Å². The summed E-state index contributed by atoms with van der Waals surface area (Å²) in [6.45, 7) is 4.07. The first-order chi connectivity index (χ1) is 8.88. The topological polar surface area (TPSA) is 26.0 Å². The smallest absolute Gasteiger partial charge is 0.0439 e. The summed E-state index contributed by atoms with van der Waals surface area (Å²) in [5.74, 6) is 0. The van der Waals surface area contributed by atoms with E-state index in [0.717, 1.165) is 11.1 Å². The van der Waals surface area contributed by atoms with Gasteiger partial charge in [0, 0.05) is 15.6 Å². The van der Waals surface area contributed by atoms with Crippen molar-refractivity contribution < 1.29 is 0 Å². The Bertz CT molecular complexity index is 574. The van der Waals surface area contributed by atoms with Crippen molar-refractivity contribution in [1.82, 2.24) is 0 Å². The molecule has 2 aromatic carbocycles. The highest BCUT2D eigenvalue weighted by molar-refractivity contribution is 6.33. The van der Waals surface area contributed by atoms with E-state index >= 15 is 0 Å². The van der Waals surface area contributed by atoms with E-state index in [2.05, 4.69) is 31.2 Å². The van der Waals surface area contributed by atoms with Crippen LogP contribution >= 0.6 is 23.2 Å². The van der Waals surface area contributed by atoms with Gasteiger partial charge in [0.15, 0.2) is 0 Å². The van der Waals surface area contributed by atoms with Crippen LogP contribution in [0.25, 0.3) is 0 Å². The van der Waals surface area contributed by atoms with E-state index in [1.165, 1.54) is 5.56 Å². The van der Waals surface area contributed by atoms with Gasteiger partial charge in [-0.2, -0.15) is 0 Å². The molecule has 0 fully saturated rings. The fourth-order valence-electron chi connectivity index (χ4n) is 2.11. The van der Waals surface area contributed by atoms with Crippen LogP contribution in [0.5, 0.6) is 0 Å². The summed E-state index contributed by atoms with van der Waals surface area (Å²) in [6, 6.07) is 13.7. The fourth-order valence-corrected chi connectivity index (χ4v) is 2.49. The van der Waals surface area contributed by atoms with Gasteiger partial charge in [0.05, 0.1) is 0 Å². The highest BCUT2D eigenvalue weighted by Gasteiger charge is 2.22. The van der Waals surface area contributed by atoms with E-state index in [-0.39, 0.29) is 0 Å². The molecule has 2 N–H and O–H groups in total. The van der Waals surface area contributed by atoms with Gasteiger partial charge < -0.3 is 5.73 Å². The fraction of sp³-hybridized carbons (Fsp3) is 0.250. The maximum absolute atomic E-state index is 6.44. The molecule has 0 amide bonds. The second kappa shape index (κ2) is 5.54. The lowest BCUT2D eigenvalue weighted by atomic mass is 9.86. The molecule has 2 aromatic rings. The number of halogens is 2. The Morgan fingerprint density at radius 2 is 1.68 bits per heavy atom. The summed E-state index contributed by atoms with van der Waals surface area (Å²) >= 11 is 12.2. The van der Waals surface area contributed by atoms with Gasteiger partial charge >= 0.3 is 0 Å². The van der Waals surface area contributed by atoms with Crippen LogP contribution in [-0.4, -0.2) is 0 Å². The first-order valence-corrected chi connectivity index (χ1v) is 6.94. The van der Waals surface area contributed by atoms with Crippen molar-refractivity contribution >= 4 is 23.2 Å². The predicted molar refractivity (Wildman–Crippen MR) is 82.9 cm³/mol. The minimum Gasteiger partial charge on any atom is -0.321 e. The summed E-state index contributed by atoms with van der Waals surface area (Å²) in [5, 5.41) is 1.38. The van der Waals surface area contributed by atoms with Crippen LogP contribution in [0.3, 0.4) is 0 Å². The Hall–Kier alpha value is -1.02. The Kier molecular flexibility index (Phi) is 4.19. The molecule has 0 aliphatic rings. The van der Waals surface area contributed by atoms with E-state index in [4.69, 9.17) is 28.9 Å². The third-order valence-corrected chi connectivity index (χ3v) is 3.88. The van der Waals surface area contributed by atoms with E-state index in [1.54, 1.807) is 6.07 Å². The van der Waals surface area contributed by atoms with Crippen LogP contribution in [0.15, 0.2) is 42.5 Å². The molecule has 2 rings (SSSR count). The zero-order valence-corrected chi connectivity index (χ0v) is 12.6. The van der Waals surface area contributed by atoms with E-state index in [9.17, 15) is 0 Å². The normalized spacial score (nSPS) is 14.2. The first kappa shape index (κ1) is 14.4. The number of hydrogen-bond acceptors (Lipinski definition) is 1. The van der Waals surface area contributed by atoms with Gasteiger partial charge in [-0.15, -0.1) is 0 Å². The average Bonchev–Trinajstić information content (AvgIpc) is 2.34. The van der Waals surface area contributed by atoms with E-state index in [0.29, 0.717) is 16.5 Å². The minimum atomic E-state index is -0.470. The number of hydrogen-bond donors (Lipinski definition) is 1. The number of rotatable bonds is 3. The van der Waals surface area contributed by atoms with Crippen molar-refractivity contribution in [2.24, 2.45) is 5.73 Å². The van der Waals surface area contributed by atoms with Crippen molar-refractivity contribution in [3.8, 4) is 0 Å². The van der Waals surface area contributed by atoms with E-state index < -0.39 is 5.54 Å². The third-order valence-electron chi connectivity index (χ3n) is 3.28. The zero-order chi connectivity index (χ0) is 14.0. The van der Waals surface area contributed by atoms with Crippen LogP contribution in [0.4, 0.5) is 0 Å². The van der Waals surface area contributed by atoms with Crippen molar-refractivity contribution in [3.05, 3.63) is 69.2 Å². The summed E-state index contributed by atoms with van der Waals surface area (Å²) in [7, 11) is 0. The Morgan fingerprint density at radius 3 is 2.32 bits per heavy atom. The van der Waals surface area contributed by atoms with Gasteiger partial charge in [-0.1, -0.05) is 53.0 Å². The molecule has 0 spiro atoms. The molecule has 0 aliphatic heterocycles. The Morgan fingerprint density at radius 1 is 1.05 bits per heavy atom. The molecule has 0 radical (unpaired) electrons. The van der Waals surface area contributed by atoms with Crippen LogP contribution in [0, 0.1) is 6.92 Å². The molecule has 19 heavy (non-hydrogen) atoms. The van der Waals surface area contributed by atoms with E-state index in [1.807, 2.05) is 19.1 Å². The van der Waals surface area contributed by atoms with Gasteiger partial charge in [0.1, 0.15) is 0 Å². The molecule has 3 heteroatoms. The van der Waals surface area contributed by atoms with Crippen molar-refractivity contribution in [2.75, 3.05) is 0 Å². The summed E-state index contributed by atoms with van der Waals surface area (Å²) in [5.41, 5.74) is 9.25. The average molecular weight is 294 g/mol. The number of aryl methyl sites for hydroxylation is 1. The highest BCUT2D eigenvalue weighted by atomic mass is 35.5. The Labute approximate surface area is 124 Å². The molecule has 100 valence electrons. The second-order valence-corrected chi connectivity index (χ2v) is 6.04. The molecule has 0 saturated heterocycles.